The minimum Gasteiger partial charge on any atom is -0.368 e. The molecule has 1 saturated heterocycles. The van der Waals surface area contributed by atoms with Gasteiger partial charge in [-0.15, -0.1) is 0 Å². The SMILES string of the molecule is CCOP(=O)(CCCN1CCCN(c2nc(N)nc(NCC3CCC(CNCCCNC4CCCCC4)CC3)n2)CC1)OCC. The summed E-state index contributed by atoms with van der Waals surface area (Å²) in [7, 11) is -2.99. The zero-order chi connectivity index (χ0) is 31.7. The highest BCUT2D eigenvalue weighted by Gasteiger charge is 2.25. The molecule has 3 fully saturated rings. The fourth-order valence-electron chi connectivity index (χ4n) is 7.05. The van der Waals surface area contributed by atoms with E-state index in [-0.39, 0.29) is 5.95 Å². The second kappa shape index (κ2) is 20.0. The number of anilines is 3. The number of hydrogen-bond acceptors (Lipinski definition) is 12. The predicted molar refractivity (Wildman–Crippen MR) is 184 cm³/mol. The Morgan fingerprint density at radius 1 is 0.822 bits per heavy atom. The van der Waals surface area contributed by atoms with Crippen LogP contribution >= 0.6 is 7.60 Å². The first kappa shape index (κ1) is 36.3. The van der Waals surface area contributed by atoms with E-state index in [1.165, 1.54) is 64.2 Å². The summed E-state index contributed by atoms with van der Waals surface area (Å²) in [5.41, 5.74) is 6.13. The van der Waals surface area contributed by atoms with Crippen molar-refractivity contribution in [1.29, 1.82) is 0 Å². The molecule has 1 aromatic heterocycles. The molecule has 0 unspecified atom stereocenters. The molecule has 5 N–H and O–H groups in total. The second-order valence-electron chi connectivity index (χ2n) is 13.1. The first-order valence-corrected chi connectivity index (χ1v) is 19.7. The normalized spacial score (nSPS) is 22.4. The highest BCUT2D eigenvalue weighted by atomic mass is 31.2. The summed E-state index contributed by atoms with van der Waals surface area (Å²) in [5, 5.41) is 10.9. The number of nitrogens with two attached hydrogens (primary N) is 1. The third kappa shape index (κ3) is 13.2. The van der Waals surface area contributed by atoms with Gasteiger partial charge in [-0.25, -0.2) is 0 Å². The van der Waals surface area contributed by atoms with E-state index in [1.807, 2.05) is 13.8 Å². The van der Waals surface area contributed by atoms with Gasteiger partial charge in [-0.3, -0.25) is 4.57 Å². The maximum Gasteiger partial charge on any atom is 0.330 e. The van der Waals surface area contributed by atoms with Crippen LogP contribution in [-0.2, 0) is 13.6 Å². The topological polar surface area (TPSA) is 143 Å². The first-order valence-electron chi connectivity index (χ1n) is 18.0. The van der Waals surface area contributed by atoms with E-state index in [0.29, 0.717) is 37.2 Å². The van der Waals surface area contributed by atoms with Crippen LogP contribution in [0.25, 0.3) is 0 Å². The standard InChI is InChI=1S/C32H62N9O3P/c1-3-43-45(42,44-4-2)24-10-20-40-19-9-21-41(23-22-40)32-38-30(33)37-31(39-32)36-26-28-15-13-27(14-16-28)25-34-17-8-18-35-29-11-6-5-7-12-29/h27-29,34-35H,3-26H2,1-2H3,(H3,33,36,37,38,39). The van der Waals surface area contributed by atoms with E-state index < -0.39 is 7.60 Å². The van der Waals surface area contributed by atoms with Gasteiger partial charge in [-0.1, -0.05) is 19.3 Å². The van der Waals surface area contributed by atoms with Gasteiger partial charge in [-0.2, -0.15) is 15.0 Å². The van der Waals surface area contributed by atoms with Crippen molar-refractivity contribution in [2.24, 2.45) is 11.8 Å². The largest absolute Gasteiger partial charge is 0.368 e. The first-order chi connectivity index (χ1) is 22.0. The van der Waals surface area contributed by atoms with Crippen LogP contribution in [0.3, 0.4) is 0 Å². The lowest BCUT2D eigenvalue weighted by atomic mass is 9.82. The highest BCUT2D eigenvalue weighted by molar-refractivity contribution is 7.53. The molecule has 0 bridgehead atoms. The number of nitrogen functional groups attached to an aromatic ring is 1. The third-order valence-electron chi connectivity index (χ3n) is 9.59. The molecular formula is C32H62N9O3P. The van der Waals surface area contributed by atoms with Crippen molar-refractivity contribution >= 4 is 25.4 Å². The molecule has 0 spiro atoms. The zero-order valence-corrected chi connectivity index (χ0v) is 29.1. The Balaban J connectivity index is 1.11. The lowest BCUT2D eigenvalue weighted by Crippen LogP contribution is -2.34. The summed E-state index contributed by atoms with van der Waals surface area (Å²) in [5.74, 6) is 2.90. The molecule has 13 heteroatoms. The fraction of sp³-hybridized carbons (Fsp3) is 0.906. The molecule has 2 aliphatic carbocycles. The Kier molecular flexibility index (Phi) is 16.1. The van der Waals surface area contributed by atoms with Gasteiger partial charge in [0.1, 0.15) is 0 Å². The van der Waals surface area contributed by atoms with Crippen LogP contribution in [-0.4, -0.2) is 104 Å². The average molecular weight is 652 g/mol. The molecule has 0 radical (unpaired) electrons. The maximum atomic E-state index is 12.8. The van der Waals surface area contributed by atoms with Crippen molar-refractivity contribution in [3.63, 3.8) is 0 Å². The van der Waals surface area contributed by atoms with E-state index in [4.69, 9.17) is 19.8 Å². The van der Waals surface area contributed by atoms with Crippen molar-refractivity contribution in [3.8, 4) is 0 Å². The van der Waals surface area contributed by atoms with Gasteiger partial charge in [0, 0.05) is 32.2 Å². The monoisotopic (exact) mass is 651 g/mol. The molecular weight excluding hydrogens is 589 g/mol. The number of nitrogens with zero attached hydrogens (tertiary/aromatic N) is 5. The van der Waals surface area contributed by atoms with E-state index in [0.717, 1.165) is 83.7 Å². The lowest BCUT2D eigenvalue weighted by Gasteiger charge is -2.29. The van der Waals surface area contributed by atoms with Gasteiger partial charge in [0.25, 0.3) is 0 Å². The molecule has 0 amide bonds. The quantitative estimate of drug-likeness (QED) is 0.121. The van der Waals surface area contributed by atoms with E-state index in [2.05, 4.69) is 35.7 Å². The summed E-state index contributed by atoms with van der Waals surface area (Å²) in [6, 6.07) is 0.765. The smallest absolute Gasteiger partial charge is 0.330 e. The van der Waals surface area contributed by atoms with Crippen molar-refractivity contribution in [2.45, 2.75) is 96.9 Å². The van der Waals surface area contributed by atoms with Crippen LogP contribution in [0.2, 0.25) is 0 Å². The van der Waals surface area contributed by atoms with Gasteiger partial charge in [-0.05, 0) is 116 Å². The van der Waals surface area contributed by atoms with Crippen molar-refractivity contribution in [2.75, 3.05) is 94.2 Å². The van der Waals surface area contributed by atoms with Crippen LogP contribution < -0.4 is 26.6 Å². The molecule has 4 rings (SSSR count). The van der Waals surface area contributed by atoms with Crippen LogP contribution in [0, 0.1) is 11.8 Å². The predicted octanol–water partition coefficient (Wildman–Crippen LogP) is 4.74. The molecule has 1 aliphatic heterocycles. The molecule has 2 saturated carbocycles. The Morgan fingerprint density at radius 2 is 1.56 bits per heavy atom. The van der Waals surface area contributed by atoms with Gasteiger partial charge >= 0.3 is 7.60 Å². The minimum absolute atomic E-state index is 0.259. The molecule has 45 heavy (non-hydrogen) atoms. The van der Waals surface area contributed by atoms with E-state index in [1.54, 1.807) is 0 Å². The zero-order valence-electron chi connectivity index (χ0n) is 28.2. The minimum atomic E-state index is -2.99. The molecule has 3 aliphatic rings. The van der Waals surface area contributed by atoms with Crippen molar-refractivity contribution in [1.82, 2.24) is 30.5 Å². The van der Waals surface area contributed by atoms with Gasteiger partial charge in [0.2, 0.25) is 17.8 Å². The number of hydrogen-bond donors (Lipinski definition) is 4. The van der Waals surface area contributed by atoms with Gasteiger partial charge < -0.3 is 40.5 Å². The molecule has 12 nitrogen and oxygen atoms in total. The molecule has 1 aromatic rings. The lowest BCUT2D eigenvalue weighted by molar-refractivity contribution is 0.217. The Hall–Kier alpha value is -1.56. The summed E-state index contributed by atoms with van der Waals surface area (Å²) < 4.78 is 23.7. The van der Waals surface area contributed by atoms with Crippen LogP contribution in [0.1, 0.15) is 90.9 Å². The van der Waals surface area contributed by atoms with E-state index >= 15 is 0 Å². The second-order valence-corrected chi connectivity index (χ2v) is 15.3. The third-order valence-corrected chi connectivity index (χ3v) is 11.8. The summed E-state index contributed by atoms with van der Waals surface area (Å²) in [6.45, 7) is 13.2. The average Bonchev–Trinajstić information content (AvgIpc) is 3.28. The summed E-state index contributed by atoms with van der Waals surface area (Å²) >= 11 is 0. The molecule has 258 valence electrons. The number of rotatable bonds is 19. The van der Waals surface area contributed by atoms with Crippen molar-refractivity contribution in [3.05, 3.63) is 0 Å². The van der Waals surface area contributed by atoms with Crippen LogP contribution in [0.15, 0.2) is 0 Å². The number of nitrogens with one attached hydrogen (secondary N) is 3. The van der Waals surface area contributed by atoms with Gasteiger partial charge in [0.15, 0.2) is 0 Å². The molecule has 0 atom stereocenters. The highest BCUT2D eigenvalue weighted by Crippen LogP contribution is 2.48. The Labute approximate surface area is 272 Å². The van der Waals surface area contributed by atoms with Crippen LogP contribution in [0.4, 0.5) is 17.8 Å². The maximum absolute atomic E-state index is 12.8. The number of aromatic nitrogens is 3. The summed E-state index contributed by atoms with van der Waals surface area (Å²) in [4.78, 5) is 18.3. The fourth-order valence-corrected chi connectivity index (χ4v) is 8.70. The Morgan fingerprint density at radius 3 is 2.29 bits per heavy atom. The summed E-state index contributed by atoms with van der Waals surface area (Å²) in [6.07, 6.45) is 15.4. The molecule has 0 aromatic carbocycles. The van der Waals surface area contributed by atoms with Gasteiger partial charge in [0.05, 0.1) is 19.4 Å². The van der Waals surface area contributed by atoms with E-state index in [9.17, 15) is 4.57 Å². The molecule has 2 heterocycles. The van der Waals surface area contributed by atoms with Crippen molar-refractivity contribution < 1.29 is 13.6 Å². The Bertz CT molecular complexity index is 998. The van der Waals surface area contributed by atoms with Crippen LogP contribution in [0.5, 0.6) is 0 Å².